The van der Waals surface area contributed by atoms with Gasteiger partial charge in [0.2, 0.25) is 0 Å². The molecule has 1 aliphatic rings. The highest BCUT2D eigenvalue weighted by atomic mass is 36.4. The maximum Gasteiger partial charge on any atom is 0.178 e. The zero-order valence-corrected chi connectivity index (χ0v) is 12.2. The Hall–Kier alpha value is 1.92. The van der Waals surface area contributed by atoms with Crippen LogP contribution in [0.1, 0.15) is 6.92 Å². The maximum atomic E-state index is 5.96. The molecule has 9 heteroatoms. The lowest BCUT2D eigenvalue weighted by Gasteiger charge is -2.60. The SMILES string of the molecule is CC1(Cl)NC(Cl)=C(Cl)S1(Cl)(Cl)(Cl)Cl. The van der Waals surface area contributed by atoms with E-state index in [0.29, 0.717) is 0 Å². The Bertz CT molecular complexity index is 310. The van der Waals surface area contributed by atoms with Crippen molar-refractivity contribution in [1.82, 2.24) is 5.32 Å². The van der Waals surface area contributed by atoms with E-state index in [1.54, 1.807) is 0 Å². The van der Waals surface area contributed by atoms with Gasteiger partial charge in [0, 0.05) is 5.15 Å². The average Bonchev–Trinajstić information content (AvgIpc) is 1.88. The van der Waals surface area contributed by atoms with Crippen molar-refractivity contribution in [3.8, 4) is 0 Å². The van der Waals surface area contributed by atoms with Crippen molar-refractivity contribution in [1.29, 1.82) is 0 Å². The highest BCUT2D eigenvalue weighted by Gasteiger charge is 2.75. The minimum Gasteiger partial charge on any atom is -0.346 e. The second kappa shape index (κ2) is 2.60. The Balaban J connectivity index is 3.58. The van der Waals surface area contributed by atoms with E-state index in [9.17, 15) is 0 Å². The fourth-order valence-electron chi connectivity index (χ4n) is 0.696. The lowest BCUT2D eigenvalue weighted by molar-refractivity contribution is 0.781. The maximum absolute atomic E-state index is 5.96. The first-order valence-corrected chi connectivity index (χ1v) is 9.73. The summed E-state index contributed by atoms with van der Waals surface area (Å²) in [6.45, 7) is 1.40. The fraction of sp³-hybridized carbons (Fsp3) is 0.500. The highest BCUT2D eigenvalue weighted by molar-refractivity contribution is 9.16. The van der Waals surface area contributed by atoms with E-state index in [4.69, 9.17) is 77.5 Å². The van der Waals surface area contributed by atoms with Gasteiger partial charge in [-0.3, -0.25) is 0 Å². The number of alkyl halides is 1. The summed E-state index contributed by atoms with van der Waals surface area (Å²) in [5.41, 5.74) is 0. The van der Waals surface area contributed by atoms with Gasteiger partial charge in [0.1, 0.15) is 9.52 Å². The minimum atomic E-state index is -4.79. The third-order valence-corrected chi connectivity index (χ3v) is 14.7. The molecule has 1 heterocycles. The summed E-state index contributed by atoms with van der Waals surface area (Å²) in [6.07, 6.45) is 0. The highest BCUT2D eigenvalue weighted by Crippen LogP contribution is 3.16. The van der Waals surface area contributed by atoms with Crippen LogP contribution in [0.2, 0.25) is 0 Å². The molecule has 0 radical (unpaired) electrons. The summed E-state index contributed by atoms with van der Waals surface area (Å²) >= 11 is 17.3. The summed E-state index contributed by atoms with van der Waals surface area (Å²) in [5.74, 6) is 0. The van der Waals surface area contributed by atoms with Crippen molar-refractivity contribution < 1.29 is 0 Å². The zero-order chi connectivity index (χ0) is 10.8. The molecule has 0 spiro atoms. The monoisotopic (exact) mass is 343 g/mol. The molecule has 1 atom stereocenters. The largest absolute Gasteiger partial charge is 0.346 e. The molecule has 1 rings (SSSR count). The van der Waals surface area contributed by atoms with Crippen LogP contribution in [0.4, 0.5) is 0 Å². The number of halogens is 7. The molecule has 0 bridgehead atoms. The third kappa shape index (κ3) is 1.53. The fourth-order valence-corrected chi connectivity index (χ4v) is 5.44. The Morgan fingerprint density at radius 2 is 1.54 bits per heavy atom. The topological polar surface area (TPSA) is 12.0 Å². The van der Waals surface area contributed by atoms with Gasteiger partial charge >= 0.3 is 0 Å². The molecule has 0 saturated carbocycles. The minimum absolute atomic E-state index is 0.0455. The van der Waals surface area contributed by atoms with E-state index >= 15 is 0 Å². The molecule has 0 aromatic carbocycles. The van der Waals surface area contributed by atoms with Crippen LogP contribution in [0.3, 0.4) is 0 Å². The Morgan fingerprint density at radius 1 is 1.15 bits per heavy atom. The van der Waals surface area contributed by atoms with Gasteiger partial charge in [-0.1, -0.05) is 34.8 Å². The Morgan fingerprint density at radius 3 is 1.62 bits per heavy atom. The summed E-state index contributed by atoms with van der Waals surface area (Å²) < 4.78 is -1.79. The van der Waals surface area contributed by atoms with Crippen LogP contribution in [0.5, 0.6) is 0 Å². The molecule has 0 fully saturated rings. The average molecular weight is 346 g/mol. The van der Waals surface area contributed by atoms with Gasteiger partial charge in [0.15, 0.2) is 4.33 Å². The van der Waals surface area contributed by atoms with Crippen LogP contribution >= 0.6 is 82.7 Å². The normalized spacial score (nSPS) is 45.5. The summed E-state index contributed by atoms with van der Waals surface area (Å²) in [6, 6.07) is 0. The summed E-state index contributed by atoms with van der Waals surface area (Å²) in [5, 5.41) is -2.32. The molecule has 1 nitrogen and oxygen atoms in total. The molecule has 13 heavy (non-hydrogen) atoms. The number of nitrogens with one attached hydrogen (secondary N) is 1. The lowest BCUT2D eigenvalue weighted by atomic mass is 10.7. The Kier molecular flexibility index (Phi) is 2.59. The van der Waals surface area contributed by atoms with Gasteiger partial charge in [-0.2, -0.15) is 0 Å². The molecule has 0 aromatic rings. The molecule has 1 aliphatic heterocycles. The van der Waals surface area contributed by atoms with Crippen molar-refractivity contribution in [2.24, 2.45) is 0 Å². The molecule has 0 saturated heterocycles. The molecule has 0 amide bonds. The first-order valence-electron chi connectivity index (χ1n) is 2.84. The Labute approximate surface area is 108 Å². The van der Waals surface area contributed by atoms with Crippen molar-refractivity contribution >= 4 is 82.7 Å². The first kappa shape index (κ1) is 13.0. The van der Waals surface area contributed by atoms with Crippen LogP contribution in [0.25, 0.3) is 0 Å². The first-order chi connectivity index (χ1) is 5.32. The summed E-state index contributed by atoms with van der Waals surface area (Å²) in [7, 11) is 23.8. The van der Waals surface area contributed by atoms with Crippen LogP contribution in [-0.4, -0.2) is 4.33 Å². The quantitative estimate of drug-likeness (QED) is 0.445. The molecule has 0 aliphatic carbocycles. The van der Waals surface area contributed by atoms with Gasteiger partial charge in [0.25, 0.3) is 0 Å². The molecule has 0 aromatic heterocycles. The van der Waals surface area contributed by atoms with Crippen LogP contribution in [0, 0.1) is 0 Å². The van der Waals surface area contributed by atoms with Gasteiger partial charge in [-0.15, -0.1) is 0 Å². The van der Waals surface area contributed by atoms with Gasteiger partial charge in [-0.25, -0.2) is 0 Å². The lowest BCUT2D eigenvalue weighted by Crippen LogP contribution is -2.39. The number of hydrogen-bond donors (Lipinski definition) is 1. The van der Waals surface area contributed by atoms with Crippen molar-refractivity contribution in [3.63, 3.8) is 0 Å². The van der Waals surface area contributed by atoms with Crippen LogP contribution < -0.4 is 5.32 Å². The van der Waals surface area contributed by atoms with Crippen LogP contribution in [-0.2, 0) is 0 Å². The van der Waals surface area contributed by atoms with Crippen molar-refractivity contribution in [2.75, 3.05) is 0 Å². The molecular formula is C4H4Cl7NS. The molecule has 1 N–H and O–H groups in total. The second-order valence-electron chi connectivity index (χ2n) is 2.70. The van der Waals surface area contributed by atoms with E-state index in [2.05, 4.69) is 5.32 Å². The number of rotatable bonds is 0. The molecule has 80 valence electrons. The van der Waals surface area contributed by atoms with E-state index in [-0.39, 0.29) is 9.52 Å². The van der Waals surface area contributed by atoms with Crippen LogP contribution in [0.15, 0.2) is 9.52 Å². The van der Waals surface area contributed by atoms with E-state index in [0.717, 1.165) is 0 Å². The standard InChI is InChI=1S/C4H4Cl7NS/c1-4(7)12-2(5)3(6)13(4,8,9,10)11/h12H,1H3. The zero-order valence-electron chi connectivity index (χ0n) is 6.05. The predicted octanol–water partition coefficient (Wildman–Crippen LogP) is 5.60. The van der Waals surface area contributed by atoms with E-state index < -0.39 is 9.48 Å². The molecular weight excluding hydrogens is 342 g/mol. The number of hydrogen-bond acceptors (Lipinski definition) is 1. The second-order valence-corrected chi connectivity index (χ2v) is 20.1. The summed E-state index contributed by atoms with van der Waals surface area (Å²) in [4.78, 5) is 0. The van der Waals surface area contributed by atoms with Crippen molar-refractivity contribution in [2.45, 2.75) is 11.3 Å². The third-order valence-electron chi connectivity index (χ3n) is 1.64. The van der Waals surface area contributed by atoms with Gasteiger partial charge in [-0.05, 0) is 49.7 Å². The van der Waals surface area contributed by atoms with Gasteiger partial charge in [0.05, 0.1) is 0 Å². The molecule has 1 unspecified atom stereocenters. The van der Waals surface area contributed by atoms with E-state index in [1.165, 1.54) is 6.92 Å². The van der Waals surface area contributed by atoms with Crippen molar-refractivity contribution in [3.05, 3.63) is 9.52 Å². The van der Waals surface area contributed by atoms with E-state index in [1.807, 2.05) is 0 Å². The predicted molar refractivity (Wildman–Crippen MR) is 67.1 cm³/mol. The smallest absolute Gasteiger partial charge is 0.178 e. The van der Waals surface area contributed by atoms with Gasteiger partial charge < -0.3 is 5.32 Å².